The van der Waals surface area contributed by atoms with Crippen molar-refractivity contribution in [3.63, 3.8) is 0 Å². The highest BCUT2D eigenvalue weighted by Crippen LogP contribution is 2.36. The van der Waals surface area contributed by atoms with Crippen LogP contribution in [-0.2, 0) is 0 Å². The molecule has 4 aromatic heterocycles. The van der Waals surface area contributed by atoms with Crippen molar-refractivity contribution in [1.29, 1.82) is 0 Å². The number of nitrogens with zero attached hydrogens (tertiary/aromatic N) is 2. The van der Waals surface area contributed by atoms with Crippen molar-refractivity contribution < 1.29 is 0 Å². The number of hydrogen-bond donors (Lipinski definition) is 0. The molecule has 0 atom stereocenters. The van der Waals surface area contributed by atoms with E-state index in [0.29, 0.717) is 0 Å². The fourth-order valence-electron chi connectivity index (χ4n) is 4.41. The number of benzene rings is 3. The normalized spacial score (nSPS) is 11.5. The van der Waals surface area contributed by atoms with Gasteiger partial charge in [-0.15, -0.1) is 22.7 Å². The quantitative estimate of drug-likeness (QED) is 0.257. The van der Waals surface area contributed by atoms with Crippen molar-refractivity contribution in [3.05, 3.63) is 109 Å². The maximum Gasteiger partial charge on any atom is 0.0809 e. The summed E-state index contributed by atoms with van der Waals surface area (Å²) >= 11 is 3.52. The van der Waals surface area contributed by atoms with E-state index in [-0.39, 0.29) is 0 Å². The van der Waals surface area contributed by atoms with E-state index < -0.39 is 0 Å². The summed E-state index contributed by atoms with van der Waals surface area (Å²) in [6.45, 7) is 0. The van der Waals surface area contributed by atoms with E-state index in [1.54, 1.807) is 22.7 Å². The van der Waals surface area contributed by atoms with Gasteiger partial charge < -0.3 is 0 Å². The Morgan fingerprint density at radius 2 is 1.24 bits per heavy atom. The molecule has 0 N–H and O–H groups in total. The summed E-state index contributed by atoms with van der Waals surface area (Å²) in [4.78, 5) is 12.1. The molecule has 4 heteroatoms. The van der Waals surface area contributed by atoms with Crippen LogP contribution in [0.4, 0.5) is 0 Å². The second-order valence-electron chi connectivity index (χ2n) is 8.33. The lowest BCUT2D eigenvalue weighted by Gasteiger charge is -2.06. The van der Waals surface area contributed by atoms with Crippen LogP contribution in [0.15, 0.2) is 109 Å². The summed E-state index contributed by atoms with van der Waals surface area (Å²) in [5.74, 6) is 0. The van der Waals surface area contributed by atoms with Crippen LogP contribution in [-0.4, -0.2) is 9.97 Å². The van der Waals surface area contributed by atoms with Gasteiger partial charge in [0, 0.05) is 15.5 Å². The van der Waals surface area contributed by atoms with Gasteiger partial charge >= 0.3 is 0 Å². The summed E-state index contributed by atoms with van der Waals surface area (Å²) in [5, 5.41) is 5.67. The molecular formula is C30H18N2S2. The maximum atomic E-state index is 4.89. The standard InChI is InChI=1S/C30H18N2S2/c1-2-5-24-19(4-1)9-13-27(31-24)30-18-23-8-7-21(17-29(23)34-30)20-10-12-25-22(16-20)11-14-26(32-25)28-6-3-15-33-28/h1-18H. The molecule has 0 unspecified atom stereocenters. The monoisotopic (exact) mass is 470 g/mol. The number of hydrogen-bond acceptors (Lipinski definition) is 4. The molecule has 0 aliphatic rings. The summed E-state index contributed by atoms with van der Waals surface area (Å²) < 4.78 is 1.27. The maximum absolute atomic E-state index is 4.89. The SMILES string of the molecule is c1csc(-c2ccc3cc(-c4ccc5cc(-c6ccc7ccccc7n6)sc5c4)ccc3n2)c1. The molecule has 0 saturated heterocycles. The zero-order valence-corrected chi connectivity index (χ0v) is 19.7. The van der Waals surface area contributed by atoms with Crippen LogP contribution in [0.1, 0.15) is 0 Å². The van der Waals surface area contributed by atoms with Gasteiger partial charge in [0.25, 0.3) is 0 Å². The molecule has 4 heterocycles. The molecule has 0 bridgehead atoms. The molecule has 2 nitrogen and oxygen atoms in total. The van der Waals surface area contributed by atoms with Gasteiger partial charge in [-0.3, -0.25) is 0 Å². The predicted molar refractivity (Wildman–Crippen MR) is 147 cm³/mol. The largest absolute Gasteiger partial charge is 0.247 e. The van der Waals surface area contributed by atoms with Crippen LogP contribution in [0.25, 0.3) is 64.2 Å². The molecule has 0 fully saturated rings. The van der Waals surface area contributed by atoms with Gasteiger partial charge in [0.05, 0.1) is 32.2 Å². The van der Waals surface area contributed by atoms with Crippen LogP contribution in [0, 0.1) is 0 Å². The fourth-order valence-corrected chi connectivity index (χ4v) is 6.17. The molecule has 0 aliphatic carbocycles. The lowest BCUT2D eigenvalue weighted by atomic mass is 10.0. The summed E-state index contributed by atoms with van der Waals surface area (Å²) in [7, 11) is 0. The first-order valence-electron chi connectivity index (χ1n) is 11.1. The van der Waals surface area contributed by atoms with Crippen molar-refractivity contribution in [3.8, 4) is 32.3 Å². The fraction of sp³-hybridized carbons (Fsp3) is 0. The second kappa shape index (κ2) is 7.87. The van der Waals surface area contributed by atoms with Crippen molar-refractivity contribution >= 4 is 54.6 Å². The lowest BCUT2D eigenvalue weighted by molar-refractivity contribution is 1.42. The number of rotatable bonds is 3. The Kier molecular flexibility index (Phi) is 4.54. The minimum absolute atomic E-state index is 1.02. The topological polar surface area (TPSA) is 25.8 Å². The molecule has 0 amide bonds. The molecule has 0 radical (unpaired) electrons. The number of fused-ring (bicyclic) bond motifs is 3. The van der Waals surface area contributed by atoms with E-state index >= 15 is 0 Å². The van der Waals surface area contributed by atoms with Crippen molar-refractivity contribution in [2.45, 2.75) is 0 Å². The molecular weight excluding hydrogens is 452 g/mol. The molecule has 160 valence electrons. The Balaban J connectivity index is 1.26. The van der Waals surface area contributed by atoms with Crippen LogP contribution in [0.5, 0.6) is 0 Å². The van der Waals surface area contributed by atoms with E-state index in [9.17, 15) is 0 Å². The first-order valence-corrected chi connectivity index (χ1v) is 12.8. The Labute approximate surface area is 204 Å². The number of thiophene rings is 2. The molecule has 34 heavy (non-hydrogen) atoms. The highest BCUT2D eigenvalue weighted by molar-refractivity contribution is 7.22. The highest BCUT2D eigenvalue weighted by Gasteiger charge is 2.09. The van der Waals surface area contributed by atoms with Crippen LogP contribution in [0.3, 0.4) is 0 Å². The third-order valence-electron chi connectivity index (χ3n) is 6.17. The Morgan fingerprint density at radius 3 is 2.12 bits per heavy atom. The van der Waals surface area contributed by atoms with Gasteiger partial charge in [-0.05, 0) is 70.4 Å². The molecule has 0 saturated carbocycles. The van der Waals surface area contributed by atoms with Crippen LogP contribution >= 0.6 is 22.7 Å². The van der Waals surface area contributed by atoms with E-state index in [1.807, 2.05) is 6.07 Å². The first kappa shape index (κ1) is 19.6. The average molecular weight is 471 g/mol. The predicted octanol–water partition coefficient (Wildman–Crippen LogP) is 9.06. The average Bonchev–Trinajstić information content (AvgIpc) is 3.58. The Morgan fingerprint density at radius 1 is 0.500 bits per heavy atom. The second-order valence-corrected chi connectivity index (χ2v) is 10.4. The van der Waals surface area contributed by atoms with Gasteiger partial charge in [-0.2, -0.15) is 0 Å². The van der Waals surface area contributed by atoms with Crippen molar-refractivity contribution in [1.82, 2.24) is 9.97 Å². The van der Waals surface area contributed by atoms with Crippen molar-refractivity contribution in [2.75, 3.05) is 0 Å². The first-order chi connectivity index (χ1) is 16.8. The highest BCUT2D eigenvalue weighted by atomic mass is 32.1. The molecule has 3 aromatic carbocycles. The smallest absolute Gasteiger partial charge is 0.0809 e. The summed E-state index contributed by atoms with van der Waals surface area (Å²) in [6.07, 6.45) is 0. The van der Waals surface area contributed by atoms with Gasteiger partial charge in [0.15, 0.2) is 0 Å². The van der Waals surface area contributed by atoms with E-state index in [0.717, 1.165) is 27.8 Å². The summed E-state index contributed by atoms with van der Waals surface area (Å²) in [6, 6.07) is 36.5. The summed E-state index contributed by atoms with van der Waals surface area (Å²) in [5.41, 5.74) is 6.54. The number of aromatic nitrogens is 2. The lowest BCUT2D eigenvalue weighted by Crippen LogP contribution is -1.84. The van der Waals surface area contributed by atoms with Gasteiger partial charge in [0.2, 0.25) is 0 Å². The zero-order chi connectivity index (χ0) is 22.5. The van der Waals surface area contributed by atoms with Gasteiger partial charge in [-0.25, -0.2) is 9.97 Å². The molecule has 7 rings (SSSR count). The molecule has 0 aliphatic heterocycles. The minimum Gasteiger partial charge on any atom is -0.247 e. The van der Waals surface area contributed by atoms with Gasteiger partial charge in [-0.1, -0.05) is 54.6 Å². The third-order valence-corrected chi connectivity index (χ3v) is 8.18. The number of pyridine rings is 2. The van der Waals surface area contributed by atoms with Crippen LogP contribution in [0.2, 0.25) is 0 Å². The van der Waals surface area contributed by atoms with E-state index in [2.05, 4.69) is 102 Å². The van der Waals surface area contributed by atoms with Crippen molar-refractivity contribution in [2.24, 2.45) is 0 Å². The number of para-hydroxylation sites is 1. The molecule has 7 aromatic rings. The van der Waals surface area contributed by atoms with Gasteiger partial charge in [0.1, 0.15) is 0 Å². The van der Waals surface area contributed by atoms with Crippen LogP contribution < -0.4 is 0 Å². The van der Waals surface area contributed by atoms with E-state index in [4.69, 9.17) is 9.97 Å². The van der Waals surface area contributed by atoms with E-state index in [1.165, 1.54) is 36.4 Å². The zero-order valence-electron chi connectivity index (χ0n) is 18.1. The Hall–Kier alpha value is -3.86. The molecule has 0 spiro atoms. The Bertz CT molecular complexity index is 1810. The third kappa shape index (κ3) is 3.39. The minimum atomic E-state index is 1.02.